The van der Waals surface area contributed by atoms with Gasteiger partial charge in [-0.2, -0.15) is 0 Å². The van der Waals surface area contributed by atoms with E-state index in [1.807, 2.05) is 54.6 Å². The van der Waals surface area contributed by atoms with Gasteiger partial charge in [0.05, 0.1) is 4.90 Å². The molecule has 1 atom stereocenters. The van der Waals surface area contributed by atoms with Crippen LogP contribution in [-0.2, 0) is 32.6 Å². The van der Waals surface area contributed by atoms with Gasteiger partial charge in [-0.05, 0) is 41.8 Å². The molecule has 0 aliphatic heterocycles. The summed E-state index contributed by atoms with van der Waals surface area (Å²) in [6.07, 6.45) is 0.787. The smallest absolute Gasteiger partial charge is 0.242 e. The highest BCUT2D eigenvalue weighted by Gasteiger charge is 2.30. The zero-order chi connectivity index (χ0) is 26.8. The summed E-state index contributed by atoms with van der Waals surface area (Å²) in [5.41, 5.74) is 1.82. The predicted molar refractivity (Wildman–Crippen MR) is 148 cm³/mol. The molecule has 37 heavy (non-hydrogen) atoms. The van der Waals surface area contributed by atoms with E-state index in [-0.39, 0.29) is 36.2 Å². The van der Waals surface area contributed by atoms with Crippen LogP contribution in [0.25, 0.3) is 0 Å². The van der Waals surface area contributed by atoms with Crippen LogP contribution in [0.5, 0.6) is 0 Å². The van der Waals surface area contributed by atoms with E-state index in [9.17, 15) is 18.0 Å². The van der Waals surface area contributed by atoms with Gasteiger partial charge in [-0.15, -0.1) is 0 Å². The van der Waals surface area contributed by atoms with Crippen molar-refractivity contribution in [1.29, 1.82) is 0 Å². The predicted octanol–water partition coefficient (Wildman–Crippen LogP) is 4.24. The fraction of sp³-hybridized carbons (Fsp3) is 0.286. The third-order valence-electron chi connectivity index (χ3n) is 6.07. The number of rotatable bonds is 12. The maximum atomic E-state index is 13.6. The first-order valence-electron chi connectivity index (χ1n) is 12.0. The van der Waals surface area contributed by atoms with Crippen molar-refractivity contribution in [2.24, 2.45) is 0 Å². The quantitative estimate of drug-likeness (QED) is 0.344. The van der Waals surface area contributed by atoms with Crippen LogP contribution in [0, 0.1) is 0 Å². The zero-order valence-electron chi connectivity index (χ0n) is 21.0. The molecule has 0 unspecified atom stereocenters. The van der Waals surface area contributed by atoms with Gasteiger partial charge < -0.3 is 10.2 Å². The van der Waals surface area contributed by atoms with Crippen molar-refractivity contribution in [2.45, 2.75) is 36.7 Å². The Morgan fingerprint density at radius 2 is 1.54 bits per heavy atom. The minimum atomic E-state index is -3.65. The van der Waals surface area contributed by atoms with Crippen molar-refractivity contribution in [3.8, 4) is 0 Å². The van der Waals surface area contributed by atoms with Crippen molar-refractivity contribution >= 4 is 37.8 Å². The number of nitrogens with one attached hydrogen (secondary N) is 1. The number of hydrogen-bond acceptors (Lipinski definition) is 4. The Morgan fingerprint density at radius 3 is 2.16 bits per heavy atom. The van der Waals surface area contributed by atoms with Crippen molar-refractivity contribution in [3.05, 3.63) is 101 Å². The second-order valence-corrected chi connectivity index (χ2v) is 11.7. The second-order valence-electron chi connectivity index (χ2n) is 8.71. The molecule has 9 heteroatoms. The molecule has 3 aromatic rings. The molecular formula is C28H32BrN3O4S. The van der Waals surface area contributed by atoms with Crippen LogP contribution in [-0.4, -0.2) is 56.1 Å². The van der Waals surface area contributed by atoms with Crippen LogP contribution in [0.1, 0.15) is 24.0 Å². The summed E-state index contributed by atoms with van der Waals surface area (Å²) < 4.78 is 27.8. The third-order valence-corrected chi connectivity index (χ3v) is 8.44. The first kappa shape index (κ1) is 28.6. The standard InChI is InChI=1S/C28H32BrN3O4S/c1-30-28(34)26(20-22-11-5-3-6-12-22)32(21-23-13-9-14-24(29)19-23)27(33)17-10-18-31(2)37(35,36)25-15-7-4-8-16-25/h3-9,11-16,19,26H,10,17-18,20-21H2,1-2H3,(H,30,34)/t26-/m0/s1. The summed E-state index contributed by atoms with van der Waals surface area (Å²) in [7, 11) is -0.576. The molecule has 196 valence electrons. The van der Waals surface area contributed by atoms with Crippen molar-refractivity contribution in [3.63, 3.8) is 0 Å². The molecule has 2 amide bonds. The van der Waals surface area contributed by atoms with E-state index in [2.05, 4.69) is 21.2 Å². The summed E-state index contributed by atoms with van der Waals surface area (Å²) >= 11 is 3.47. The number of benzene rings is 3. The maximum absolute atomic E-state index is 13.6. The number of carbonyl (C=O) groups is 2. The lowest BCUT2D eigenvalue weighted by Gasteiger charge is -2.31. The molecule has 0 radical (unpaired) electrons. The summed E-state index contributed by atoms with van der Waals surface area (Å²) in [5.74, 6) is -0.467. The van der Waals surface area contributed by atoms with E-state index < -0.39 is 16.1 Å². The second kappa shape index (κ2) is 13.5. The van der Waals surface area contributed by atoms with E-state index in [0.717, 1.165) is 15.6 Å². The van der Waals surface area contributed by atoms with E-state index >= 15 is 0 Å². The van der Waals surface area contributed by atoms with E-state index in [1.165, 1.54) is 11.4 Å². The van der Waals surface area contributed by atoms with Crippen LogP contribution in [0.3, 0.4) is 0 Å². The Kier molecular flexibility index (Phi) is 10.4. The molecule has 0 aromatic heterocycles. The Bertz CT molecular complexity index is 1290. The molecule has 7 nitrogen and oxygen atoms in total. The number of nitrogens with zero attached hydrogens (tertiary/aromatic N) is 2. The summed E-state index contributed by atoms with van der Waals surface area (Å²) in [6.45, 7) is 0.429. The lowest BCUT2D eigenvalue weighted by atomic mass is 10.0. The molecular weight excluding hydrogens is 554 g/mol. The largest absolute Gasteiger partial charge is 0.357 e. The Morgan fingerprint density at radius 1 is 0.919 bits per heavy atom. The molecule has 0 aliphatic rings. The molecule has 0 bridgehead atoms. The molecule has 1 N–H and O–H groups in total. The first-order chi connectivity index (χ1) is 17.7. The van der Waals surface area contributed by atoms with Gasteiger partial charge in [-0.3, -0.25) is 9.59 Å². The SMILES string of the molecule is CNC(=O)[C@H](Cc1ccccc1)N(Cc1cccc(Br)c1)C(=O)CCCN(C)S(=O)(=O)c1ccccc1. The highest BCUT2D eigenvalue weighted by Crippen LogP contribution is 2.20. The highest BCUT2D eigenvalue weighted by molar-refractivity contribution is 9.10. The molecule has 0 aliphatic carbocycles. The summed E-state index contributed by atoms with van der Waals surface area (Å²) in [5, 5.41) is 2.70. The van der Waals surface area contributed by atoms with Crippen LogP contribution in [0.4, 0.5) is 0 Å². The van der Waals surface area contributed by atoms with Crippen molar-refractivity contribution < 1.29 is 18.0 Å². The molecule has 0 heterocycles. The molecule has 3 aromatic carbocycles. The average Bonchev–Trinajstić information content (AvgIpc) is 2.91. The van der Waals surface area contributed by atoms with Gasteiger partial charge in [0.2, 0.25) is 21.8 Å². The molecule has 0 saturated heterocycles. The summed E-state index contributed by atoms with van der Waals surface area (Å²) in [4.78, 5) is 28.3. The third kappa shape index (κ3) is 7.99. The highest BCUT2D eigenvalue weighted by atomic mass is 79.9. The average molecular weight is 587 g/mol. The van der Waals surface area contributed by atoms with E-state index in [1.54, 1.807) is 42.3 Å². The number of amides is 2. The van der Waals surface area contributed by atoms with Crippen molar-refractivity contribution in [1.82, 2.24) is 14.5 Å². The van der Waals surface area contributed by atoms with Gasteiger partial charge in [0, 0.05) is 44.5 Å². The van der Waals surface area contributed by atoms with Crippen LogP contribution < -0.4 is 5.32 Å². The minimum absolute atomic E-state index is 0.102. The Balaban J connectivity index is 1.78. The summed E-state index contributed by atoms with van der Waals surface area (Å²) in [6, 6.07) is 24.7. The number of hydrogen-bond donors (Lipinski definition) is 1. The lowest BCUT2D eigenvalue weighted by molar-refractivity contribution is -0.141. The van der Waals surface area contributed by atoms with Gasteiger partial charge in [0.25, 0.3) is 0 Å². The zero-order valence-corrected chi connectivity index (χ0v) is 23.4. The van der Waals surface area contributed by atoms with Gasteiger partial charge >= 0.3 is 0 Å². The van der Waals surface area contributed by atoms with Gasteiger partial charge in [-0.1, -0.05) is 76.6 Å². The topological polar surface area (TPSA) is 86.8 Å². The molecule has 0 spiro atoms. The molecule has 3 rings (SSSR count). The van der Waals surface area contributed by atoms with Gasteiger partial charge in [-0.25, -0.2) is 12.7 Å². The number of halogens is 1. The fourth-order valence-electron chi connectivity index (χ4n) is 4.04. The number of carbonyl (C=O) groups excluding carboxylic acids is 2. The Labute approximate surface area is 227 Å². The van der Waals surface area contributed by atoms with Crippen LogP contribution in [0.2, 0.25) is 0 Å². The number of likely N-dealkylation sites (N-methyl/N-ethyl adjacent to an activating group) is 1. The number of sulfonamides is 1. The molecule has 0 saturated carbocycles. The fourth-order valence-corrected chi connectivity index (χ4v) is 5.72. The first-order valence-corrected chi connectivity index (χ1v) is 14.3. The van der Waals surface area contributed by atoms with E-state index in [4.69, 9.17) is 0 Å². The van der Waals surface area contributed by atoms with Crippen molar-refractivity contribution in [2.75, 3.05) is 20.6 Å². The normalized spacial score (nSPS) is 12.2. The van der Waals surface area contributed by atoms with Crippen LogP contribution >= 0.6 is 15.9 Å². The van der Waals surface area contributed by atoms with Crippen LogP contribution in [0.15, 0.2) is 94.3 Å². The van der Waals surface area contributed by atoms with E-state index in [0.29, 0.717) is 12.8 Å². The minimum Gasteiger partial charge on any atom is -0.357 e. The monoisotopic (exact) mass is 585 g/mol. The maximum Gasteiger partial charge on any atom is 0.242 e. The van der Waals surface area contributed by atoms with Gasteiger partial charge in [0.1, 0.15) is 6.04 Å². The molecule has 0 fully saturated rings. The lowest BCUT2D eigenvalue weighted by Crippen LogP contribution is -2.49. The Hall–Kier alpha value is -3.01. The van der Waals surface area contributed by atoms with Gasteiger partial charge in [0.15, 0.2) is 0 Å².